The van der Waals surface area contributed by atoms with Crippen LogP contribution in [-0.2, 0) is 109 Å². The van der Waals surface area contributed by atoms with E-state index in [1.807, 2.05) is 0 Å². The van der Waals surface area contributed by atoms with Crippen LogP contribution in [0.1, 0.15) is 26.2 Å². The molecule has 5 aliphatic heterocycles. The SMILES string of the molecule is C#N.CN.CN=CC(COC1OC(COC)C(O)C(O)C1O)OC(OC)C(O)C=NC.CN=CC(COC1OC(COC)C(O)C(O)C1O)OC(OC)C(O)C=O.COCC1OC(OCC(C=O)OC(OC)C(O)C=O)C(O)C(O)C1O.COCC1OC(OCC2OC(OC)C(O)C(O)C2O)C(O)C(O)C1O.[B-].[B]CCCCC.[Na+].[Na+].[O-][I+3]([O-])([O-])[O-]. The molecule has 0 amide bonds. The number of halogens is 1. The molecule has 5 aliphatic rings. The van der Waals surface area contributed by atoms with Crippen LogP contribution in [0.2, 0.25) is 6.32 Å². The van der Waals surface area contributed by atoms with Gasteiger partial charge in [-0.25, -0.2) is 5.26 Å². The third-order valence-electron chi connectivity index (χ3n) is 16.2. The first-order valence-corrected chi connectivity index (χ1v) is 39.2. The van der Waals surface area contributed by atoms with Gasteiger partial charge in [0.05, 0.1) is 60.7 Å². The van der Waals surface area contributed by atoms with Crippen molar-refractivity contribution < 1.29 is 294 Å². The number of hydrogen-bond acceptors (Lipinski definition) is 50. The fraction of sp³-hybridized carbons (Fsp3) is 0.894. The number of nitriles is 1. The predicted molar refractivity (Wildman–Crippen MR) is 391 cm³/mol. The van der Waals surface area contributed by atoms with Crippen molar-refractivity contribution in [3.05, 3.63) is 0 Å². The largest absolute Gasteiger partial charge is 1.00 e. The molecule has 0 spiro atoms. The van der Waals surface area contributed by atoms with Crippen molar-refractivity contribution in [2.75, 3.05) is 138 Å². The summed E-state index contributed by atoms with van der Waals surface area (Å²) in [5, 5.41) is 184. The van der Waals surface area contributed by atoms with Crippen LogP contribution in [0.5, 0.6) is 0 Å². The fourth-order valence-corrected chi connectivity index (χ4v) is 10.2. The molecular weight excluding hydrogens is 1780 g/mol. The second-order valence-corrected chi connectivity index (χ2v) is 26.9. The van der Waals surface area contributed by atoms with E-state index in [4.69, 9.17) is 122 Å². The third kappa shape index (κ3) is 49.5. The van der Waals surface area contributed by atoms with Crippen molar-refractivity contribution in [2.45, 2.75) is 242 Å². The smallest absolute Gasteiger partial charge is 1.00 e. The van der Waals surface area contributed by atoms with Gasteiger partial charge < -0.3 is 215 Å². The van der Waals surface area contributed by atoms with Crippen LogP contribution < -0.4 is 98.7 Å². The Labute approximate surface area is 754 Å². The summed E-state index contributed by atoms with van der Waals surface area (Å²) in [5.41, 5.74) is 4.50. The van der Waals surface area contributed by atoms with Crippen molar-refractivity contribution in [2.24, 2.45) is 20.7 Å². The molecule has 0 aliphatic carbocycles. The van der Waals surface area contributed by atoms with Gasteiger partial charge in [0, 0.05) is 103 Å². The average Bonchev–Trinajstić information content (AvgIpc) is 0.811. The first-order valence-electron chi connectivity index (χ1n) is 35.7. The van der Waals surface area contributed by atoms with E-state index in [0.29, 0.717) is 6.29 Å². The number of nitrogens with zero attached hydrogens (tertiary/aromatic N) is 4. The van der Waals surface area contributed by atoms with E-state index in [1.165, 1.54) is 123 Å². The van der Waals surface area contributed by atoms with Gasteiger partial charge in [0.15, 0.2) is 81.4 Å². The van der Waals surface area contributed by atoms with E-state index < -0.39 is 236 Å². The Bertz CT molecular complexity index is 2600. The topological polar surface area (TPSA) is 779 Å². The first-order chi connectivity index (χ1) is 55.9. The van der Waals surface area contributed by atoms with Gasteiger partial charge in [-0.3, -0.25) is 28.7 Å². The molecule has 50 nitrogen and oxygen atoms in total. The fourth-order valence-electron chi connectivity index (χ4n) is 10.2. The molecule has 55 heteroatoms. The van der Waals surface area contributed by atoms with E-state index in [2.05, 4.69) is 34.2 Å². The summed E-state index contributed by atoms with van der Waals surface area (Å²) in [6.07, 6.45) is -34.3. The summed E-state index contributed by atoms with van der Waals surface area (Å²) in [5.74, 6) is 0. The summed E-state index contributed by atoms with van der Waals surface area (Å²) in [4.78, 5) is 43.6. The molecule has 0 saturated carbocycles. The van der Waals surface area contributed by atoms with Crippen LogP contribution in [0.4, 0.5) is 0 Å². The zero-order valence-corrected chi connectivity index (χ0v) is 76.3. The van der Waals surface area contributed by atoms with Crippen molar-refractivity contribution >= 4 is 53.8 Å². The minimum absolute atomic E-state index is 0. The van der Waals surface area contributed by atoms with Gasteiger partial charge in [0.2, 0.25) is 0 Å². The van der Waals surface area contributed by atoms with Crippen LogP contribution in [0.3, 0.4) is 0 Å². The standard InChI is InChI=1S/C16H30N2O9.C15H27NO10.C14H26O11.C14H24O11.C5H11B.CH5N.CHN.B.IO4.2Na/c1-17-5-9(26-15(24-4)10(19)6-18-2)7-25-16-14(22)13(21)12(20)11(27-16)8-23-3;1-16-4-8(25-14(23-3)9(18)5-17)6-24-15-13(21)12(20)11(19)10(26-15)7-22-2;1-21-3-5-7(15)10(18)12(20)14(25-5)23-4-6-8(16)9(17)11(19)13(22-2)24-6;1-21-6-9-10(18)11(19)12(20)14(25-9)23-5-7(3-15)24-13(22-2)8(17)4-16;1-2-3-4-5-6;2*1-2;;2-1(3,4)5;;/h5-6,9-16,19-22H,7-8H2,1-4H3;4-5,8-15,18-21H,6-7H2,1-3H3;5-20H,3-4H2,1-2H3;3-4,7-14,17-20H,5-6H2,1-2H3;2-5H2,1H3;2H2,1H3;1H;;;;/q;;;;;;;2*-1;2*+1. The molecule has 34 unspecified atom stereocenters. The van der Waals surface area contributed by atoms with Crippen LogP contribution in [-0.4, -0.2) is 493 Å². The number of aliphatic imine (C=N–C) groups is 3. The van der Waals surface area contributed by atoms with Gasteiger partial charge in [0.1, 0.15) is 167 Å². The Morgan fingerprint density at radius 3 is 0.884 bits per heavy atom. The number of carbonyl (C=O) groups is 3. The number of nitrogens with two attached hydrogens (primary N) is 1. The molecule has 5 fully saturated rings. The Balaban J connectivity index is -0.000000341. The number of unbranched alkanes of at least 4 members (excludes halogenated alkanes) is 2. The van der Waals surface area contributed by atoms with Crippen molar-refractivity contribution in [3.63, 3.8) is 0 Å². The molecule has 121 heavy (non-hydrogen) atoms. The molecule has 6 radical (unpaired) electrons. The van der Waals surface area contributed by atoms with Gasteiger partial charge in [0.25, 0.3) is 0 Å². The Morgan fingerprint density at radius 2 is 0.653 bits per heavy atom. The normalized spacial score (nSPS) is 32.4. The minimum atomic E-state index is -5.94. The van der Waals surface area contributed by atoms with Gasteiger partial charge >= 0.3 is 59.1 Å². The molecule has 5 rings (SSSR count). The maximum atomic E-state index is 11.1. The molecule has 0 aromatic rings. The van der Waals surface area contributed by atoms with E-state index >= 15 is 0 Å². The van der Waals surface area contributed by atoms with Crippen molar-refractivity contribution in [3.8, 4) is 6.57 Å². The Kier molecular flexibility index (Phi) is 81.2. The van der Waals surface area contributed by atoms with E-state index in [9.17, 15) is 106 Å². The van der Waals surface area contributed by atoms with E-state index in [0.717, 1.165) is 6.32 Å². The number of ether oxygens (including phenoxy) is 20. The number of aliphatic hydroxyl groups excluding tert-OH is 18. The van der Waals surface area contributed by atoms with Crippen LogP contribution in [0, 0.1) is 11.8 Å². The number of rotatable bonds is 42. The molecular formula is C66H124B2IN5Na2O45. The maximum Gasteiger partial charge on any atom is 1.00 e. The number of aliphatic hydroxyl groups is 18. The van der Waals surface area contributed by atoms with Gasteiger partial charge in [-0.1, -0.05) is 32.5 Å². The monoisotopic (exact) mass is 1900 g/mol. The third-order valence-corrected chi connectivity index (χ3v) is 16.2. The quantitative estimate of drug-likeness (QED) is 0.00674. The molecule has 0 bridgehead atoms. The number of carbonyl (C=O) groups excluding carboxylic acids is 3. The molecule has 0 aromatic carbocycles. The summed E-state index contributed by atoms with van der Waals surface area (Å²) in [6, 6.07) is 0. The minimum Gasteiger partial charge on any atom is -1.00 e. The predicted octanol–water partition coefficient (Wildman–Crippen LogP) is -25.5. The molecule has 698 valence electrons. The van der Waals surface area contributed by atoms with Crippen LogP contribution >= 0.6 is 0 Å². The van der Waals surface area contributed by atoms with Gasteiger partial charge in [-0.2, -0.15) is 0 Å². The number of methoxy groups -OCH3 is 8. The molecule has 5 saturated heterocycles. The second kappa shape index (κ2) is 75.3. The molecule has 20 N–H and O–H groups in total. The average molecular weight is 1900 g/mol. The number of hydrogen-bond donors (Lipinski definition) is 19. The van der Waals surface area contributed by atoms with Crippen LogP contribution in [0.25, 0.3) is 0 Å². The zero-order chi connectivity index (χ0) is 91.1. The number of aldehydes is 3. The maximum absolute atomic E-state index is 11.1. The van der Waals surface area contributed by atoms with Crippen molar-refractivity contribution in [1.82, 2.24) is 0 Å². The summed E-state index contributed by atoms with van der Waals surface area (Å²) >= 11 is -5.94. The summed E-state index contributed by atoms with van der Waals surface area (Å²) < 4.78 is 138. The van der Waals surface area contributed by atoms with Gasteiger partial charge in [-0.15, -0.1) is 0 Å². The second-order valence-electron chi connectivity index (χ2n) is 24.8. The first kappa shape index (κ1) is 130. The molecule has 5 heterocycles. The molecule has 0 aromatic heterocycles. The van der Waals surface area contributed by atoms with Crippen molar-refractivity contribution in [1.29, 1.82) is 5.26 Å². The zero-order valence-electron chi connectivity index (χ0n) is 70.1. The Hall–Kier alpha value is -1.35. The summed E-state index contributed by atoms with van der Waals surface area (Å²) in [7, 11) is 21.8. The van der Waals surface area contributed by atoms with Crippen LogP contribution in [0.15, 0.2) is 15.0 Å². The van der Waals surface area contributed by atoms with E-state index in [-0.39, 0.29) is 126 Å². The Morgan fingerprint density at radius 1 is 0.405 bits per heavy atom. The van der Waals surface area contributed by atoms with Gasteiger partial charge in [-0.05, 0) is 7.05 Å². The summed E-state index contributed by atoms with van der Waals surface area (Å²) in [6.45, 7) is 4.47. The van der Waals surface area contributed by atoms with E-state index in [1.54, 1.807) is 0 Å². The molecule has 34 atom stereocenters.